The highest BCUT2D eigenvalue weighted by molar-refractivity contribution is 6.05. The van der Waals surface area contributed by atoms with Crippen LogP contribution in [0.5, 0.6) is 0 Å². The van der Waals surface area contributed by atoms with E-state index in [0.717, 1.165) is 25.9 Å². The van der Waals surface area contributed by atoms with Crippen molar-refractivity contribution in [2.24, 2.45) is 0 Å². The Kier molecular flexibility index (Phi) is 4.02. The van der Waals surface area contributed by atoms with E-state index in [2.05, 4.69) is 17.3 Å². The average Bonchev–Trinajstić information content (AvgIpc) is 2.57. The van der Waals surface area contributed by atoms with Crippen LogP contribution in [0.2, 0.25) is 0 Å². The summed E-state index contributed by atoms with van der Waals surface area (Å²) in [6.07, 6.45) is 2.43. The van der Waals surface area contributed by atoms with E-state index in [4.69, 9.17) is 0 Å². The molecule has 5 nitrogen and oxygen atoms in total. The number of amides is 2. The molecule has 0 aliphatic carbocycles. The topological polar surface area (TPSA) is 52.7 Å². The molecule has 2 fully saturated rings. The van der Waals surface area contributed by atoms with E-state index in [1.54, 1.807) is 0 Å². The maximum Gasteiger partial charge on any atom is 0.247 e. The Morgan fingerprint density at radius 2 is 1.83 bits per heavy atom. The Bertz CT molecular complexity index is 335. The first-order valence-electron chi connectivity index (χ1n) is 6.79. The zero-order chi connectivity index (χ0) is 13.3. The number of nitrogens with zero attached hydrogens (tertiary/aromatic N) is 2. The predicted molar refractivity (Wildman–Crippen MR) is 69.0 cm³/mol. The van der Waals surface area contributed by atoms with Crippen LogP contribution in [0, 0.1) is 0 Å². The summed E-state index contributed by atoms with van der Waals surface area (Å²) in [5, 5.41) is 3.36. The highest BCUT2D eigenvalue weighted by atomic mass is 16.2. The van der Waals surface area contributed by atoms with Crippen molar-refractivity contribution in [3.63, 3.8) is 0 Å². The maximum absolute atomic E-state index is 12.1. The molecule has 1 N–H and O–H groups in total. The Balaban J connectivity index is 1.91. The van der Waals surface area contributed by atoms with Gasteiger partial charge in [0.2, 0.25) is 11.8 Å². The Morgan fingerprint density at radius 3 is 2.33 bits per heavy atom. The summed E-state index contributed by atoms with van der Waals surface area (Å²) in [5.41, 5.74) is 0. The van der Waals surface area contributed by atoms with Gasteiger partial charge in [-0.15, -0.1) is 0 Å². The first-order chi connectivity index (χ1) is 8.49. The van der Waals surface area contributed by atoms with Gasteiger partial charge in [-0.2, -0.15) is 0 Å². The van der Waals surface area contributed by atoms with E-state index < -0.39 is 0 Å². The van der Waals surface area contributed by atoms with Crippen LogP contribution in [-0.2, 0) is 9.59 Å². The molecule has 2 saturated heterocycles. The molecular weight excluding hydrogens is 230 g/mol. The molecular formula is C13H23N3O2. The molecule has 5 heteroatoms. The molecule has 0 bridgehead atoms. The molecule has 0 aromatic carbocycles. The van der Waals surface area contributed by atoms with Gasteiger partial charge in [0, 0.05) is 12.1 Å². The first kappa shape index (κ1) is 13.5. The van der Waals surface area contributed by atoms with Gasteiger partial charge >= 0.3 is 0 Å². The predicted octanol–water partition coefficient (Wildman–Crippen LogP) is 0.206. The van der Waals surface area contributed by atoms with Crippen LogP contribution in [0.3, 0.4) is 0 Å². The molecule has 0 radical (unpaired) electrons. The largest absolute Gasteiger partial charge is 0.306 e. The van der Waals surface area contributed by atoms with Crippen LogP contribution in [-0.4, -0.2) is 59.9 Å². The van der Waals surface area contributed by atoms with Crippen molar-refractivity contribution < 1.29 is 9.59 Å². The lowest BCUT2D eigenvalue weighted by Gasteiger charge is -2.31. The Morgan fingerprint density at radius 1 is 1.22 bits per heavy atom. The molecule has 2 aliphatic heterocycles. The molecule has 0 saturated carbocycles. The van der Waals surface area contributed by atoms with Crippen LogP contribution in [0.25, 0.3) is 0 Å². The summed E-state index contributed by atoms with van der Waals surface area (Å²) in [6, 6.07) is 0.0395. The van der Waals surface area contributed by atoms with Gasteiger partial charge in [-0.3, -0.25) is 14.5 Å². The number of imide groups is 1. The fourth-order valence-electron chi connectivity index (χ4n) is 2.78. The van der Waals surface area contributed by atoms with Gasteiger partial charge in [-0.25, -0.2) is 0 Å². The lowest BCUT2D eigenvalue weighted by molar-refractivity contribution is -0.140. The number of carbonyl (C=O) groups excluding carboxylic acids is 2. The third-order valence-corrected chi connectivity index (χ3v) is 3.85. The van der Waals surface area contributed by atoms with Crippen molar-refractivity contribution in [2.45, 2.75) is 51.2 Å². The summed E-state index contributed by atoms with van der Waals surface area (Å²) in [4.78, 5) is 27.6. The van der Waals surface area contributed by atoms with Crippen LogP contribution in [0.1, 0.15) is 33.1 Å². The molecule has 2 rings (SSSR count). The zero-order valence-corrected chi connectivity index (χ0v) is 11.5. The third-order valence-electron chi connectivity index (χ3n) is 3.85. The molecule has 0 spiro atoms. The van der Waals surface area contributed by atoms with E-state index in [0.29, 0.717) is 12.5 Å². The second kappa shape index (κ2) is 5.36. The van der Waals surface area contributed by atoms with E-state index in [1.165, 1.54) is 4.90 Å². The van der Waals surface area contributed by atoms with Gasteiger partial charge < -0.3 is 10.2 Å². The number of rotatable bonds is 3. The summed E-state index contributed by atoms with van der Waals surface area (Å²) in [5.74, 6) is -0.0886. The fourth-order valence-corrected chi connectivity index (χ4v) is 2.78. The van der Waals surface area contributed by atoms with Crippen molar-refractivity contribution >= 4 is 11.8 Å². The van der Waals surface area contributed by atoms with E-state index >= 15 is 0 Å². The monoisotopic (exact) mass is 253 g/mol. The zero-order valence-electron chi connectivity index (χ0n) is 11.5. The highest BCUT2D eigenvalue weighted by Crippen LogP contribution is 2.18. The molecule has 18 heavy (non-hydrogen) atoms. The molecule has 2 aliphatic rings. The second-order valence-corrected chi connectivity index (χ2v) is 5.70. The third kappa shape index (κ3) is 2.72. The van der Waals surface area contributed by atoms with Crippen molar-refractivity contribution in [1.29, 1.82) is 0 Å². The minimum absolute atomic E-state index is 0.0331. The van der Waals surface area contributed by atoms with Gasteiger partial charge in [-0.1, -0.05) is 0 Å². The van der Waals surface area contributed by atoms with Gasteiger partial charge in [0.25, 0.3) is 0 Å². The Hall–Kier alpha value is -0.940. The number of carbonyl (C=O) groups is 2. The molecule has 1 atom stereocenters. The second-order valence-electron chi connectivity index (χ2n) is 5.70. The Labute approximate surface area is 108 Å². The number of likely N-dealkylation sites (tertiary alicyclic amines) is 2. The summed E-state index contributed by atoms with van der Waals surface area (Å²) in [7, 11) is 2.11. The number of piperidine rings is 1. The standard InChI is InChI=1S/C13H23N3O2/c1-9(2)16-12(17)8-11(13(16)18)14-10-4-6-15(3)7-5-10/h9-11,14H,4-8H2,1-3H3. The number of hydrogen-bond donors (Lipinski definition) is 1. The van der Waals surface area contributed by atoms with Crippen molar-refractivity contribution in [2.75, 3.05) is 20.1 Å². The van der Waals surface area contributed by atoms with Crippen molar-refractivity contribution in [3.05, 3.63) is 0 Å². The normalized spacial score (nSPS) is 27.6. The van der Waals surface area contributed by atoms with Gasteiger partial charge in [0.15, 0.2) is 0 Å². The quantitative estimate of drug-likeness (QED) is 0.730. The maximum atomic E-state index is 12.1. The lowest BCUT2D eigenvalue weighted by Crippen LogP contribution is -2.48. The minimum atomic E-state index is -0.298. The van der Waals surface area contributed by atoms with Gasteiger partial charge in [-0.05, 0) is 46.8 Å². The van der Waals surface area contributed by atoms with E-state index in [1.807, 2.05) is 13.8 Å². The average molecular weight is 253 g/mol. The molecule has 0 aromatic heterocycles. The van der Waals surface area contributed by atoms with Crippen LogP contribution in [0.4, 0.5) is 0 Å². The molecule has 2 amide bonds. The first-order valence-corrected chi connectivity index (χ1v) is 6.79. The van der Waals surface area contributed by atoms with Crippen LogP contribution < -0.4 is 5.32 Å². The van der Waals surface area contributed by atoms with Crippen molar-refractivity contribution in [3.8, 4) is 0 Å². The minimum Gasteiger partial charge on any atom is -0.306 e. The van der Waals surface area contributed by atoms with Gasteiger partial charge in [0.05, 0.1) is 12.5 Å². The molecule has 102 valence electrons. The van der Waals surface area contributed by atoms with E-state index in [9.17, 15) is 9.59 Å². The van der Waals surface area contributed by atoms with Crippen LogP contribution in [0.15, 0.2) is 0 Å². The SMILES string of the molecule is CC(C)N1C(=O)CC(NC2CCN(C)CC2)C1=O. The number of hydrogen-bond acceptors (Lipinski definition) is 4. The molecule has 2 heterocycles. The summed E-state index contributed by atoms with van der Waals surface area (Å²) in [6.45, 7) is 5.88. The van der Waals surface area contributed by atoms with Crippen LogP contribution >= 0.6 is 0 Å². The highest BCUT2D eigenvalue weighted by Gasteiger charge is 2.40. The number of nitrogens with one attached hydrogen (secondary N) is 1. The molecule has 0 aromatic rings. The fraction of sp³-hybridized carbons (Fsp3) is 0.846. The summed E-state index contributed by atoms with van der Waals surface area (Å²) < 4.78 is 0. The van der Waals surface area contributed by atoms with Gasteiger partial charge in [0.1, 0.15) is 0 Å². The van der Waals surface area contributed by atoms with Crippen molar-refractivity contribution in [1.82, 2.24) is 15.1 Å². The lowest BCUT2D eigenvalue weighted by atomic mass is 10.0. The smallest absolute Gasteiger partial charge is 0.247 e. The summed E-state index contributed by atoms with van der Waals surface area (Å²) >= 11 is 0. The molecule has 1 unspecified atom stereocenters. The van der Waals surface area contributed by atoms with E-state index in [-0.39, 0.29) is 23.9 Å².